The Morgan fingerprint density at radius 3 is 2.53 bits per heavy atom. The van der Waals surface area contributed by atoms with Gasteiger partial charge in [0, 0.05) is 6.54 Å². The van der Waals surface area contributed by atoms with Crippen LogP contribution in [0.15, 0.2) is 24.3 Å². The summed E-state index contributed by atoms with van der Waals surface area (Å²) in [6.45, 7) is 2.12. The second kappa shape index (κ2) is 6.10. The number of carbonyl (C=O) groups excluding carboxylic acids is 2. The molecule has 0 saturated heterocycles. The largest absolute Gasteiger partial charge is 0.452 e. The van der Waals surface area contributed by atoms with Crippen molar-refractivity contribution < 1.29 is 18.6 Å². The number of hydrogen-bond acceptors (Lipinski definition) is 4. The molecule has 0 unspecified atom stereocenters. The molecular weight excluding hydrogens is 246 g/mol. The van der Waals surface area contributed by atoms with Crippen molar-refractivity contribution in [3.8, 4) is 0 Å². The van der Waals surface area contributed by atoms with E-state index in [9.17, 15) is 9.59 Å². The van der Waals surface area contributed by atoms with Gasteiger partial charge in [-0.05, 0) is 19.1 Å². The number of amides is 1. The summed E-state index contributed by atoms with van der Waals surface area (Å²) < 4.78 is 8.77. The van der Waals surface area contributed by atoms with E-state index in [1.165, 1.54) is 18.1 Å². The Labute approximate surface area is 104 Å². The molecule has 0 aliphatic heterocycles. The van der Waals surface area contributed by atoms with Crippen LogP contribution >= 0.6 is 11.9 Å². The van der Waals surface area contributed by atoms with Crippen LogP contribution in [0.5, 0.6) is 0 Å². The molecule has 6 heteroatoms. The standard InChI is InChI=1S/C11H12ClNO4/c1-3-13(11(15)16-2)9-7-5-4-6-8(9)10(14)17-12/h4-7H,3H2,1-2H3. The molecule has 0 atom stereocenters. The second-order valence-electron chi connectivity index (χ2n) is 3.10. The van der Waals surface area contributed by atoms with Crippen LogP contribution in [0.4, 0.5) is 10.5 Å². The molecule has 0 aliphatic carbocycles. The average molecular weight is 258 g/mol. The van der Waals surface area contributed by atoms with Gasteiger partial charge in [0.05, 0.1) is 18.4 Å². The lowest BCUT2D eigenvalue weighted by Gasteiger charge is -2.21. The van der Waals surface area contributed by atoms with Gasteiger partial charge in [0.2, 0.25) is 0 Å². The number of anilines is 1. The number of nitrogens with zero attached hydrogens (tertiary/aromatic N) is 1. The van der Waals surface area contributed by atoms with Gasteiger partial charge >= 0.3 is 12.1 Å². The van der Waals surface area contributed by atoms with Crippen molar-refractivity contribution in [1.82, 2.24) is 0 Å². The first kappa shape index (κ1) is 13.3. The topological polar surface area (TPSA) is 55.8 Å². The summed E-state index contributed by atoms with van der Waals surface area (Å²) in [7, 11) is 1.27. The quantitative estimate of drug-likeness (QED) is 0.835. The van der Waals surface area contributed by atoms with Gasteiger partial charge < -0.3 is 9.03 Å². The van der Waals surface area contributed by atoms with Gasteiger partial charge in [-0.15, -0.1) is 0 Å². The van der Waals surface area contributed by atoms with Gasteiger partial charge in [-0.2, -0.15) is 0 Å². The minimum atomic E-state index is -0.718. The summed E-state index contributed by atoms with van der Waals surface area (Å²) in [5, 5.41) is 0. The van der Waals surface area contributed by atoms with Crippen LogP contribution in [0.3, 0.4) is 0 Å². The maximum Gasteiger partial charge on any atom is 0.414 e. The van der Waals surface area contributed by atoms with E-state index >= 15 is 0 Å². The zero-order chi connectivity index (χ0) is 12.8. The number of carbonyl (C=O) groups is 2. The molecular formula is C11H12ClNO4. The molecule has 0 aliphatic rings. The van der Waals surface area contributed by atoms with Crippen LogP contribution in [0.1, 0.15) is 17.3 Å². The zero-order valence-corrected chi connectivity index (χ0v) is 10.2. The molecule has 0 radical (unpaired) electrons. The van der Waals surface area contributed by atoms with Gasteiger partial charge in [-0.25, -0.2) is 9.59 Å². The molecule has 1 amide bonds. The molecule has 0 aromatic heterocycles. The normalized spacial score (nSPS) is 9.59. The van der Waals surface area contributed by atoms with E-state index < -0.39 is 12.1 Å². The third kappa shape index (κ3) is 2.88. The van der Waals surface area contributed by atoms with Crippen LogP contribution in [-0.4, -0.2) is 25.7 Å². The SMILES string of the molecule is CCN(C(=O)OC)c1ccccc1C(=O)OCl. The van der Waals surface area contributed by atoms with Crippen molar-refractivity contribution in [3.05, 3.63) is 29.8 Å². The lowest BCUT2D eigenvalue weighted by atomic mass is 10.1. The third-order valence-electron chi connectivity index (χ3n) is 2.20. The van der Waals surface area contributed by atoms with Gasteiger partial charge in [-0.3, -0.25) is 4.90 Å². The minimum Gasteiger partial charge on any atom is -0.452 e. The molecule has 0 bridgehead atoms. The number of halogens is 1. The molecule has 0 saturated carbocycles. The summed E-state index contributed by atoms with van der Waals surface area (Å²) in [5.41, 5.74) is 0.599. The van der Waals surface area contributed by atoms with E-state index in [1.807, 2.05) is 0 Å². The molecule has 17 heavy (non-hydrogen) atoms. The van der Waals surface area contributed by atoms with Crippen LogP contribution < -0.4 is 4.90 Å². The molecule has 0 N–H and O–H groups in total. The second-order valence-corrected chi connectivity index (χ2v) is 3.25. The van der Waals surface area contributed by atoms with Crippen LogP contribution in [0.25, 0.3) is 0 Å². The molecule has 1 rings (SSSR count). The number of hydrogen-bond donors (Lipinski definition) is 0. The highest BCUT2D eigenvalue weighted by molar-refractivity contribution is 6.17. The van der Waals surface area contributed by atoms with E-state index in [0.717, 1.165) is 0 Å². The Balaban J connectivity index is 3.19. The molecule has 5 nitrogen and oxygen atoms in total. The summed E-state index contributed by atoms with van der Waals surface area (Å²) in [5.74, 6) is -0.718. The number of methoxy groups -OCH3 is 1. The monoisotopic (exact) mass is 257 g/mol. The van der Waals surface area contributed by atoms with Crippen LogP contribution in [0.2, 0.25) is 0 Å². The number of ether oxygens (including phenoxy) is 1. The zero-order valence-electron chi connectivity index (χ0n) is 9.47. The fourth-order valence-electron chi connectivity index (χ4n) is 1.43. The molecule has 0 fully saturated rings. The Morgan fingerprint density at radius 2 is 2.00 bits per heavy atom. The maximum absolute atomic E-state index is 11.5. The summed E-state index contributed by atoms with van der Waals surface area (Å²) >= 11 is 5.04. The van der Waals surface area contributed by atoms with Crippen LogP contribution in [-0.2, 0) is 9.03 Å². The summed E-state index contributed by atoms with van der Waals surface area (Å²) in [4.78, 5) is 24.3. The molecule has 0 heterocycles. The highest BCUT2D eigenvalue weighted by atomic mass is 35.5. The van der Waals surface area contributed by atoms with Crippen molar-refractivity contribution in [2.45, 2.75) is 6.92 Å². The van der Waals surface area contributed by atoms with E-state index in [2.05, 4.69) is 9.03 Å². The molecule has 1 aromatic carbocycles. The Kier molecular flexibility index (Phi) is 4.78. The van der Waals surface area contributed by atoms with E-state index in [0.29, 0.717) is 12.2 Å². The van der Waals surface area contributed by atoms with Crippen molar-refractivity contribution >= 4 is 29.6 Å². The molecule has 1 aromatic rings. The Morgan fingerprint density at radius 1 is 1.35 bits per heavy atom. The van der Waals surface area contributed by atoms with Gasteiger partial charge in [0.25, 0.3) is 0 Å². The van der Waals surface area contributed by atoms with Gasteiger partial charge in [-0.1, -0.05) is 12.1 Å². The van der Waals surface area contributed by atoms with Crippen LogP contribution in [0, 0.1) is 0 Å². The van der Waals surface area contributed by atoms with Crippen molar-refractivity contribution in [1.29, 1.82) is 0 Å². The van der Waals surface area contributed by atoms with Crippen molar-refractivity contribution in [2.24, 2.45) is 0 Å². The lowest BCUT2D eigenvalue weighted by Crippen LogP contribution is -2.31. The number of benzene rings is 1. The predicted molar refractivity (Wildman–Crippen MR) is 63.1 cm³/mol. The fraction of sp³-hybridized carbons (Fsp3) is 0.273. The van der Waals surface area contributed by atoms with Gasteiger partial charge in [0.15, 0.2) is 0 Å². The molecule has 92 valence electrons. The number of para-hydroxylation sites is 1. The number of rotatable bonds is 3. The maximum atomic E-state index is 11.5. The van der Waals surface area contributed by atoms with Crippen molar-refractivity contribution in [2.75, 3.05) is 18.6 Å². The predicted octanol–water partition coefficient (Wildman–Crippen LogP) is 2.59. The first-order valence-corrected chi connectivity index (χ1v) is 5.24. The van der Waals surface area contributed by atoms with E-state index in [-0.39, 0.29) is 5.56 Å². The highest BCUT2D eigenvalue weighted by Crippen LogP contribution is 2.22. The van der Waals surface area contributed by atoms with E-state index in [1.54, 1.807) is 25.1 Å². The van der Waals surface area contributed by atoms with E-state index in [4.69, 9.17) is 11.9 Å². The van der Waals surface area contributed by atoms with Gasteiger partial charge in [0.1, 0.15) is 11.9 Å². The first-order valence-electron chi connectivity index (χ1n) is 4.93. The first-order chi connectivity index (χ1) is 8.15. The average Bonchev–Trinajstić information content (AvgIpc) is 2.39. The smallest absolute Gasteiger partial charge is 0.414 e. The minimum absolute atomic E-state index is 0.203. The Hall–Kier alpha value is -1.75. The summed E-state index contributed by atoms with van der Waals surface area (Å²) in [6.07, 6.45) is -0.553. The highest BCUT2D eigenvalue weighted by Gasteiger charge is 2.21. The van der Waals surface area contributed by atoms with Crippen molar-refractivity contribution in [3.63, 3.8) is 0 Å². The fourth-order valence-corrected chi connectivity index (χ4v) is 1.51. The Bertz CT molecular complexity index is 422. The third-order valence-corrected chi connectivity index (χ3v) is 2.34. The lowest BCUT2D eigenvalue weighted by molar-refractivity contribution is 0.0752. The molecule has 0 spiro atoms. The summed E-state index contributed by atoms with van der Waals surface area (Å²) in [6, 6.07) is 6.49.